The van der Waals surface area contributed by atoms with E-state index in [4.69, 9.17) is 17.3 Å². The lowest BCUT2D eigenvalue weighted by Crippen LogP contribution is -2.33. The number of nitrogens with one attached hydrogen (secondary N) is 2. The van der Waals surface area contributed by atoms with Crippen molar-refractivity contribution in [3.63, 3.8) is 0 Å². The molecule has 0 spiro atoms. The number of carbonyl (C=O) groups is 2. The van der Waals surface area contributed by atoms with Gasteiger partial charge in [-0.2, -0.15) is 0 Å². The first-order chi connectivity index (χ1) is 9.49. The molecule has 6 heteroatoms. The second-order valence-electron chi connectivity index (χ2n) is 4.41. The predicted octanol–water partition coefficient (Wildman–Crippen LogP) is 2.11. The van der Waals surface area contributed by atoms with Crippen molar-refractivity contribution in [1.82, 2.24) is 5.32 Å². The highest BCUT2D eigenvalue weighted by Crippen LogP contribution is 2.12. The zero-order chi connectivity index (χ0) is 15.0. The van der Waals surface area contributed by atoms with E-state index in [0.29, 0.717) is 11.5 Å². The molecule has 1 rings (SSSR count). The minimum absolute atomic E-state index is 0.0116. The number of thiocarbonyl (C=S) groups is 1. The Balaban J connectivity index is 2.28. The standard InChI is InChI=1S/C14H18N2O3S/c1-10-5-2-3-7-12(10)16-14(20)15-9-11(17)6-4-8-13(18)19/h2-3,5,7H,4,6,8-9H2,1H3,(H,18,19)(H2,15,16,20). The van der Waals surface area contributed by atoms with Crippen LogP contribution in [-0.2, 0) is 9.59 Å². The molecular formula is C14H18N2O3S. The van der Waals surface area contributed by atoms with Crippen molar-refractivity contribution >= 4 is 34.8 Å². The van der Waals surface area contributed by atoms with Crippen LogP contribution < -0.4 is 10.6 Å². The highest BCUT2D eigenvalue weighted by atomic mass is 32.1. The number of hydrogen-bond donors (Lipinski definition) is 3. The van der Waals surface area contributed by atoms with Gasteiger partial charge in [-0.1, -0.05) is 18.2 Å². The quantitative estimate of drug-likeness (QED) is 0.669. The van der Waals surface area contributed by atoms with Crippen molar-refractivity contribution < 1.29 is 14.7 Å². The van der Waals surface area contributed by atoms with E-state index in [-0.39, 0.29) is 25.2 Å². The summed E-state index contributed by atoms with van der Waals surface area (Å²) in [5, 5.41) is 14.7. The number of carboxylic acid groups (broad SMARTS) is 1. The maximum absolute atomic E-state index is 11.5. The number of para-hydroxylation sites is 1. The summed E-state index contributed by atoms with van der Waals surface area (Å²) in [4.78, 5) is 21.8. The van der Waals surface area contributed by atoms with Gasteiger partial charge in [0.1, 0.15) is 0 Å². The number of aryl methyl sites for hydroxylation is 1. The second kappa shape index (κ2) is 8.27. The molecule has 1 aromatic rings. The Kier molecular flexibility index (Phi) is 6.66. The third-order valence-corrected chi connectivity index (χ3v) is 2.93. The van der Waals surface area contributed by atoms with Crippen LogP contribution in [0.2, 0.25) is 0 Å². The fraction of sp³-hybridized carbons (Fsp3) is 0.357. The molecule has 0 saturated heterocycles. The first kappa shape index (κ1) is 16.1. The summed E-state index contributed by atoms with van der Waals surface area (Å²) in [5.41, 5.74) is 1.95. The van der Waals surface area contributed by atoms with Gasteiger partial charge in [0.05, 0.1) is 6.54 Å². The fourth-order valence-electron chi connectivity index (χ4n) is 1.58. The maximum atomic E-state index is 11.5. The summed E-state index contributed by atoms with van der Waals surface area (Å²) in [6, 6.07) is 7.69. The predicted molar refractivity (Wildman–Crippen MR) is 81.9 cm³/mol. The van der Waals surface area contributed by atoms with Gasteiger partial charge in [0.25, 0.3) is 0 Å². The molecule has 0 atom stereocenters. The average Bonchev–Trinajstić information content (AvgIpc) is 2.39. The smallest absolute Gasteiger partial charge is 0.303 e. The number of Topliss-reactive ketones (excluding diaryl/α,β-unsaturated/α-hetero) is 1. The Labute approximate surface area is 123 Å². The first-order valence-corrected chi connectivity index (χ1v) is 6.74. The Morgan fingerprint density at radius 1 is 1.25 bits per heavy atom. The fourth-order valence-corrected chi connectivity index (χ4v) is 1.77. The molecule has 0 amide bonds. The Morgan fingerprint density at radius 2 is 1.95 bits per heavy atom. The molecule has 3 N–H and O–H groups in total. The number of rotatable bonds is 7. The molecule has 1 aromatic carbocycles. The molecule has 0 unspecified atom stereocenters. The van der Waals surface area contributed by atoms with Gasteiger partial charge in [0, 0.05) is 18.5 Å². The molecule has 0 bridgehead atoms. The molecule has 0 radical (unpaired) electrons. The van der Waals surface area contributed by atoms with Crippen molar-refractivity contribution in [3.05, 3.63) is 29.8 Å². The summed E-state index contributed by atoms with van der Waals surface area (Å²) >= 11 is 5.10. The molecule has 0 heterocycles. The number of anilines is 1. The topological polar surface area (TPSA) is 78.4 Å². The van der Waals surface area contributed by atoms with Crippen LogP contribution in [0.15, 0.2) is 24.3 Å². The van der Waals surface area contributed by atoms with E-state index in [2.05, 4.69) is 10.6 Å². The lowest BCUT2D eigenvalue weighted by molar-refractivity contribution is -0.137. The van der Waals surface area contributed by atoms with E-state index in [9.17, 15) is 9.59 Å². The Morgan fingerprint density at radius 3 is 2.60 bits per heavy atom. The van der Waals surface area contributed by atoms with Crippen LogP contribution in [0, 0.1) is 6.92 Å². The van der Waals surface area contributed by atoms with Gasteiger partial charge in [0.15, 0.2) is 10.9 Å². The Hall–Kier alpha value is -1.95. The molecule has 0 saturated carbocycles. The average molecular weight is 294 g/mol. The lowest BCUT2D eigenvalue weighted by atomic mass is 10.2. The maximum Gasteiger partial charge on any atom is 0.303 e. The summed E-state index contributed by atoms with van der Waals surface area (Å²) in [6.07, 6.45) is 0.609. The first-order valence-electron chi connectivity index (χ1n) is 6.33. The van der Waals surface area contributed by atoms with Gasteiger partial charge < -0.3 is 15.7 Å². The number of benzene rings is 1. The van der Waals surface area contributed by atoms with Crippen LogP contribution in [0.1, 0.15) is 24.8 Å². The molecular weight excluding hydrogens is 276 g/mol. The van der Waals surface area contributed by atoms with Crippen LogP contribution in [0.5, 0.6) is 0 Å². The highest BCUT2D eigenvalue weighted by molar-refractivity contribution is 7.80. The van der Waals surface area contributed by atoms with Gasteiger partial charge >= 0.3 is 5.97 Å². The van der Waals surface area contributed by atoms with Crippen molar-refractivity contribution in [1.29, 1.82) is 0 Å². The molecule has 0 fully saturated rings. The second-order valence-corrected chi connectivity index (χ2v) is 4.82. The van der Waals surface area contributed by atoms with Crippen LogP contribution in [0.25, 0.3) is 0 Å². The number of carbonyl (C=O) groups excluding carboxylic acids is 1. The highest BCUT2D eigenvalue weighted by Gasteiger charge is 2.06. The zero-order valence-electron chi connectivity index (χ0n) is 11.3. The van der Waals surface area contributed by atoms with E-state index >= 15 is 0 Å². The van der Waals surface area contributed by atoms with Crippen molar-refractivity contribution in [2.45, 2.75) is 26.2 Å². The van der Waals surface area contributed by atoms with Gasteiger partial charge in [-0.25, -0.2) is 0 Å². The van der Waals surface area contributed by atoms with Crippen molar-refractivity contribution in [2.24, 2.45) is 0 Å². The molecule has 0 aliphatic heterocycles. The van der Waals surface area contributed by atoms with Crippen molar-refractivity contribution in [3.8, 4) is 0 Å². The molecule has 108 valence electrons. The summed E-state index contributed by atoms with van der Waals surface area (Å²) in [6.45, 7) is 2.07. The van der Waals surface area contributed by atoms with Gasteiger partial charge in [0.2, 0.25) is 0 Å². The van der Waals surface area contributed by atoms with Crippen LogP contribution in [0.3, 0.4) is 0 Å². The van der Waals surface area contributed by atoms with E-state index in [1.165, 1.54) is 0 Å². The van der Waals surface area contributed by atoms with Gasteiger partial charge in [-0.3, -0.25) is 9.59 Å². The van der Waals surface area contributed by atoms with Crippen LogP contribution >= 0.6 is 12.2 Å². The minimum Gasteiger partial charge on any atom is -0.481 e. The van der Waals surface area contributed by atoms with E-state index < -0.39 is 5.97 Å². The molecule has 0 aliphatic rings. The normalized spacial score (nSPS) is 9.85. The van der Waals surface area contributed by atoms with Crippen molar-refractivity contribution in [2.75, 3.05) is 11.9 Å². The van der Waals surface area contributed by atoms with Gasteiger partial charge in [-0.15, -0.1) is 0 Å². The summed E-state index contributed by atoms with van der Waals surface area (Å²) < 4.78 is 0. The van der Waals surface area contributed by atoms with E-state index in [1.807, 2.05) is 31.2 Å². The minimum atomic E-state index is -0.887. The Bertz CT molecular complexity index is 503. The SMILES string of the molecule is Cc1ccccc1NC(=S)NCC(=O)CCCC(=O)O. The van der Waals surface area contributed by atoms with Gasteiger partial charge in [-0.05, 0) is 37.2 Å². The van der Waals surface area contributed by atoms with E-state index in [1.54, 1.807) is 0 Å². The number of hydrogen-bond acceptors (Lipinski definition) is 3. The molecule has 5 nitrogen and oxygen atoms in total. The third kappa shape index (κ3) is 6.29. The van der Waals surface area contributed by atoms with Crippen LogP contribution in [0.4, 0.5) is 5.69 Å². The number of carboxylic acids is 1. The number of aliphatic carboxylic acids is 1. The zero-order valence-corrected chi connectivity index (χ0v) is 12.1. The summed E-state index contributed by atoms with van der Waals surface area (Å²) in [7, 11) is 0. The lowest BCUT2D eigenvalue weighted by Gasteiger charge is -2.11. The largest absolute Gasteiger partial charge is 0.481 e. The number of ketones is 1. The third-order valence-electron chi connectivity index (χ3n) is 2.69. The van der Waals surface area contributed by atoms with E-state index in [0.717, 1.165) is 11.3 Å². The molecule has 0 aliphatic carbocycles. The summed E-state index contributed by atoms with van der Waals surface area (Å²) in [5.74, 6) is -0.942. The molecule has 20 heavy (non-hydrogen) atoms. The molecule has 0 aromatic heterocycles. The van der Waals surface area contributed by atoms with Crippen LogP contribution in [-0.4, -0.2) is 28.5 Å². The monoisotopic (exact) mass is 294 g/mol.